The third kappa shape index (κ3) is 3.87. The van der Waals surface area contributed by atoms with Crippen LogP contribution in [0.25, 0.3) is 0 Å². The Kier molecular flexibility index (Phi) is 5.43. The lowest BCUT2D eigenvalue weighted by Gasteiger charge is -2.23. The molecular weight excluding hydrogens is 332 g/mol. The summed E-state index contributed by atoms with van der Waals surface area (Å²) in [6, 6.07) is 15.5. The second-order valence-electron chi connectivity index (χ2n) is 6.01. The monoisotopic (exact) mass is 354 g/mol. The minimum absolute atomic E-state index is 0.0177. The summed E-state index contributed by atoms with van der Waals surface area (Å²) in [5.74, 6) is 1.69. The van der Waals surface area contributed by atoms with E-state index in [1.807, 2.05) is 60.4 Å². The lowest BCUT2D eigenvalue weighted by Crippen LogP contribution is -2.39. The number of hydrogen-bond donors (Lipinski definition) is 0. The van der Waals surface area contributed by atoms with Gasteiger partial charge in [0.05, 0.1) is 12.8 Å². The highest BCUT2D eigenvalue weighted by atomic mass is 32.2. The summed E-state index contributed by atoms with van der Waals surface area (Å²) in [4.78, 5) is 19.6. The third-order valence-corrected chi connectivity index (χ3v) is 5.36. The molecule has 0 saturated carbocycles. The number of methoxy groups -OCH3 is 1. The van der Waals surface area contributed by atoms with Gasteiger partial charge in [0.1, 0.15) is 5.75 Å². The van der Waals surface area contributed by atoms with E-state index in [0.29, 0.717) is 5.56 Å². The minimum Gasteiger partial charge on any atom is -0.497 e. The number of aliphatic imine (C=N–C) groups is 1. The van der Waals surface area contributed by atoms with E-state index >= 15 is 0 Å². The van der Waals surface area contributed by atoms with Gasteiger partial charge in [0.2, 0.25) is 0 Å². The largest absolute Gasteiger partial charge is 0.497 e. The second kappa shape index (κ2) is 7.74. The highest BCUT2D eigenvalue weighted by Crippen LogP contribution is 2.30. The number of nitrogens with zero attached hydrogens (tertiary/aromatic N) is 2. The van der Waals surface area contributed by atoms with E-state index in [1.54, 1.807) is 18.9 Å². The Bertz CT molecular complexity index is 769. The van der Waals surface area contributed by atoms with Crippen LogP contribution in [0.2, 0.25) is 0 Å². The van der Waals surface area contributed by atoms with Gasteiger partial charge in [-0.15, -0.1) is 0 Å². The molecule has 1 aliphatic heterocycles. The highest BCUT2D eigenvalue weighted by molar-refractivity contribution is 8.14. The van der Waals surface area contributed by atoms with Gasteiger partial charge >= 0.3 is 0 Å². The van der Waals surface area contributed by atoms with Crippen molar-refractivity contribution in [2.75, 3.05) is 12.9 Å². The normalized spacial score (nSPS) is 18.6. The first-order chi connectivity index (χ1) is 12.1. The molecule has 0 aliphatic carbocycles. The molecule has 1 aliphatic rings. The Morgan fingerprint density at radius 2 is 1.88 bits per heavy atom. The zero-order chi connectivity index (χ0) is 17.8. The molecule has 1 fully saturated rings. The third-order valence-electron chi connectivity index (χ3n) is 4.26. The predicted octanol–water partition coefficient (Wildman–Crippen LogP) is 4.66. The smallest absolute Gasteiger partial charge is 0.260 e. The molecule has 0 spiro atoms. The van der Waals surface area contributed by atoms with Crippen molar-refractivity contribution in [2.24, 2.45) is 4.99 Å². The Morgan fingerprint density at radius 1 is 1.20 bits per heavy atom. The Labute approximate surface area is 152 Å². The van der Waals surface area contributed by atoms with E-state index in [-0.39, 0.29) is 11.9 Å². The fourth-order valence-electron chi connectivity index (χ4n) is 2.71. The number of carbonyl (C=O) groups is 1. The Morgan fingerprint density at radius 3 is 2.48 bits per heavy atom. The number of carbonyl (C=O) groups excluding carboxylic acids is 1. The average molecular weight is 354 g/mol. The number of benzene rings is 2. The van der Waals surface area contributed by atoms with Crippen LogP contribution in [0.3, 0.4) is 0 Å². The van der Waals surface area contributed by atoms with Crippen molar-refractivity contribution in [3.05, 3.63) is 59.7 Å². The zero-order valence-electron chi connectivity index (χ0n) is 14.7. The SMILES string of the molecule is CC[C@H]1CSC(=Nc2ccc(OC)cc2)N1C(=O)c1ccc(C)cc1. The van der Waals surface area contributed by atoms with Crippen molar-refractivity contribution < 1.29 is 9.53 Å². The predicted molar refractivity (Wildman–Crippen MR) is 104 cm³/mol. The number of amides is 1. The fraction of sp³-hybridized carbons (Fsp3) is 0.300. The maximum atomic E-state index is 13.0. The molecule has 25 heavy (non-hydrogen) atoms. The van der Waals surface area contributed by atoms with E-state index in [4.69, 9.17) is 9.73 Å². The molecule has 4 nitrogen and oxygen atoms in total. The highest BCUT2D eigenvalue weighted by Gasteiger charge is 2.34. The van der Waals surface area contributed by atoms with E-state index in [1.165, 1.54) is 0 Å². The van der Waals surface area contributed by atoms with Crippen LogP contribution in [0.5, 0.6) is 5.75 Å². The molecular formula is C20H22N2O2S. The molecule has 1 atom stereocenters. The van der Waals surface area contributed by atoms with Gasteiger partial charge in [-0.2, -0.15) is 0 Å². The molecule has 0 unspecified atom stereocenters. The van der Waals surface area contributed by atoms with Crippen LogP contribution in [0.4, 0.5) is 5.69 Å². The van der Waals surface area contributed by atoms with Crippen molar-refractivity contribution in [1.29, 1.82) is 0 Å². The summed E-state index contributed by atoms with van der Waals surface area (Å²) >= 11 is 1.64. The van der Waals surface area contributed by atoms with Gasteiger partial charge in [0, 0.05) is 17.4 Å². The van der Waals surface area contributed by atoms with Gasteiger partial charge in [0.25, 0.3) is 5.91 Å². The second-order valence-corrected chi connectivity index (χ2v) is 6.99. The molecule has 5 heteroatoms. The molecule has 0 aromatic heterocycles. The van der Waals surface area contributed by atoms with Crippen molar-refractivity contribution in [2.45, 2.75) is 26.3 Å². The van der Waals surface area contributed by atoms with Crippen LogP contribution in [0, 0.1) is 6.92 Å². The van der Waals surface area contributed by atoms with Crippen molar-refractivity contribution >= 4 is 28.5 Å². The first-order valence-corrected chi connectivity index (χ1v) is 9.36. The molecule has 0 radical (unpaired) electrons. The quantitative estimate of drug-likeness (QED) is 0.802. The molecule has 1 amide bonds. The summed E-state index contributed by atoms with van der Waals surface area (Å²) in [6.45, 7) is 4.13. The van der Waals surface area contributed by atoms with Gasteiger partial charge in [-0.05, 0) is 49.7 Å². The van der Waals surface area contributed by atoms with Crippen molar-refractivity contribution in [3.63, 3.8) is 0 Å². The van der Waals surface area contributed by atoms with E-state index in [0.717, 1.165) is 34.3 Å². The summed E-state index contributed by atoms with van der Waals surface area (Å²) in [7, 11) is 1.64. The van der Waals surface area contributed by atoms with E-state index in [9.17, 15) is 4.79 Å². The number of ether oxygens (including phenoxy) is 1. The molecule has 2 aromatic carbocycles. The van der Waals surface area contributed by atoms with E-state index < -0.39 is 0 Å². The van der Waals surface area contributed by atoms with Crippen LogP contribution < -0.4 is 4.74 Å². The van der Waals surface area contributed by atoms with Crippen LogP contribution in [0.15, 0.2) is 53.5 Å². The first-order valence-electron chi connectivity index (χ1n) is 8.38. The molecule has 0 bridgehead atoms. The van der Waals surface area contributed by atoms with Crippen molar-refractivity contribution in [1.82, 2.24) is 4.90 Å². The number of rotatable bonds is 4. The molecule has 2 aromatic rings. The molecule has 0 N–H and O–H groups in total. The van der Waals surface area contributed by atoms with Gasteiger partial charge in [-0.1, -0.05) is 36.4 Å². The fourth-order valence-corrected chi connectivity index (χ4v) is 3.98. The van der Waals surface area contributed by atoms with Crippen molar-refractivity contribution in [3.8, 4) is 5.75 Å². The lowest BCUT2D eigenvalue weighted by molar-refractivity contribution is 0.0819. The van der Waals surface area contributed by atoms with Gasteiger partial charge in [0.15, 0.2) is 5.17 Å². The summed E-state index contributed by atoms with van der Waals surface area (Å²) in [5, 5.41) is 0.766. The number of aryl methyl sites for hydroxylation is 1. The summed E-state index contributed by atoms with van der Waals surface area (Å²) in [5.41, 5.74) is 2.67. The maximum absolute atomic E-state index is 13.0. The molecule has 130 valence electrons. The molecule has 3 rings (SSSR count). The maximum Gasteiger partial charge on any atom is 0.260 e. The van der Waals surface area contributed by atoms with Crippen LogP contribution in [-0.4, -0.2) is 34.9 Å². The average Bonchev–Trinajstić information content (AvgIpc) is 3.05. The van der Waals surface area contributed by atoms with Crippen LogP contribution in [-0.2, 0) is 0 Å². The summed E-state index contributed by atoms with van der Waals surface area (Å²) in [6.07, 6.45) is 0.909. The molecule has 1 heterocycles. The standard InChI is InChI=1S/C20H22N2O2S/c1-4-17-13-25-20(21-16-9-11-18(24-3)12-10-16)22(17)19(23)15-7-5-14(2)6-8-15/h5-12,17H,4,13H2,1-3H3/t17-/m0/s1. The van der Waals surface area contributed by atoms with E-state index in [2.05, 4.69) is 6.92 Å². The number of amidine groups is 1. The zero-order valence-corrected chi connectivity index (χ0v) is 15.5. The topological polar surface area (TPSA) is 41.9 Å². The van der Waals surface area contributed by atoms with Gasteiger partial charge < -0.3 is 4.74 Å². The van der Waals surface area contributed by atoms with Gasteiger partial charge in [-0.25, -0.2) is 4.99 Å². The minimum atomic E-state index is 0.0177. The summed E-state index contributed by atoms with van der Waals surface area (Å²) < 4.78 is 5.18. The number of hydrogen-bond acceptors (Lipinski definition) is 4. The Balaban J connectivity index is 1.90. The van der Waals surface area contributed by atoms with Crippen LogP contribution in [0.1, 0.15) is 29.3 Å². The number of thioether (sulfide) groups is 1. The molecule has 1 saturated heterocycles. The first kappa shape index (κ1) is 17.5. The van der Waals surface area contributed by atoms with Gasteiger partial charge in [-0.3, -0.25) is 9.69 Å². The Hall–Kier alpha value is -2.27. The van der Waals surface area contributed by atoms with Crippen LogP contribution >= 0.6 is 11.8 Å². The lowest BCUT2D eigenvalue weighted by atomic mass is 10.1.